The molecule has 0 aliphatic carbocycles. The molecule has 1 saturated heterocycles. The minimum Gasteiger partial charge on any atom is -0.378 e. The summed E-state index contributed by atoms with van der Waals surface area (Å²) in [4.78, 5) is 10.4. The molecule has 0 spiro atoms. The molecule has 1 aliphatic rings. The summed E-state index contributed by atoms with van der Waals surface area (Å²) in [6.45, 7) is 0.253. The normalized spacial score (nSPS) is 19.3. The third-order valence-corrected chi connectivity index (χ3v) is 6.48. The molecule has 2 aromatic carbocycles. The Kier molecular flexibility index (Phi) is 6.41. The summed E-state index contributed by atoms with van der Waals surface area (Å²) in [5.74, 6) is -3.60. The molecule has 1 atom stereocenters. The second-order valence-corrected chi connectivity index (χ2v) is 9.06. The first kappa shape index (κ1) is 22.5. The van der Waals surface area contributed by atoms with Gasteiger partial charge in [-0.15, -0.1) is 0 Å². The molecule has 1 aliphatic heterocycles. The third-order valence-electron chi connectivity index (χ3n) is 4.31. The molecule has 30 heavy (non-hydrogen) atoms. The van der Waals surface area contributed by atoms with Crippen molar-refractivity contribution < 1.29 is 35.5 Å². The molecule has 1 fully saturated rings. The van der Waals surface area contributed by atoms with E-state index in [1.165, 1.54) is 0 Å². The number of benzene rings is 2. The molecule has 12 heteroatoms. The van der Waals surface area contributed by atoms with Crippen molar-refractivity contribution in [1.29, 1.82) is 0 Å². The summed E-state index contributed by atoms with van der Waals surface area (Å²) in [5.41, 5.74) is -1.79. The number of hydrogen-bond acceptors (Lipinski definition) is 5. The fraction of sp³-hybridized carbons (Fsp3) is 0.278. The van der Waals surface area contributed by atoms with Gasteiger partial charge in [0.2, 0.25) is 10.0 Å². The second-order valence-electron chi connectivity index (χ2n) is 6.55. The molecular formula is C18H16F4N2O4S2. The first-order chi connectivity index (χ1) is 14.0. The number of anilines is 1. The van der Waals surface area contributed by atoms with Gasteiger partial charge in [-0.25, -0.2) is 26.0 Å². The highest BCUT2D eigenvalue weighted by Gasteiger charge is 2.37. The van der Waals surface area contributed by atoms with Gasteiger partial charge in [-0.1, -0.05) is 6.07 Å². The number of thiol groups is 1. The zero-order valence-electron chi connectivity index (χ0n) is 15.2. The first-order valence-corrected chi connectivity index (χ1v) is 10.5. The molecule has 162 valence electrons. The van der Waals surface area contributed by atoms with Gasteiger partial charge in [0.25, 0.3) is 12.3 Å². The van der Waals surface area contributed by atoms with Crippen LogP contribution in [-0.4, -0.2) is 32.4 Å². The van der Waals surface area contributed by atoms with Crippen molar-refractivity contribution in [2.75, 3.05) is 18.5 Å². The Labute approximate surface area is 175 Å². The van der Waals surface area contributed by atoms with E-state index in [1.807, 2.05) is 0 Å². The van der Waals surface area contributed by atoms with Crippen molar-refractivity contribution in [3.63, 3.8) is 0 Å². The van der Waals surface area contributed by atoms with Crippen LogP contribution in [0.3, 0.4) is 0 Å². The van der Waals surface area contributed by atoms with Crippen LogP contribution in [-0.2, 0) is 14.8 Å². The topological polar surface area (TPSA) is 84.5 Å². The van der Waals surface area contributed by atoms with Crippen LogP contribution < -0.4 is 10.0 Å². The number of halogens is 4. The van der Waals surface area contributed by atoms with Crippen LogP contribution in [0.15, 0.2) is 41.3 Å². The minimum atomic E-state index is -4.40. The van der Waals surface area contributed by atoms with Gasteiger partial charge in [-0.3, -0.25) is 4.79 Å². The molecule has 0 radical (unpaired) electrons. The molecule has 1 heterocycles. The van der Waals surface area contributed by atoms with E-state index in [9.17, 15) is 30.8 Å². The van der Waals surface area contributed by atoms with Crippen LogP contribution in [0.2, 0.25) is 0 Å². The number of rotatable bonds is 6. The van der Waals surface area contributed by atoms with E-state index in [2.05, 4.69) is 22.7 Å². The molecule has 1 unspecified atom stereocenters. The zero-order chi connectivity index (χ0) is 22.1. The summed E-state index contributed by atoms with van der Waals surface area (Å²) in [7, 11) is -4.40. The second kappa shape index (κ2) is 8.53. The fourth-order valence-electron chi connectivity index (χ4n) is 2.82. The molecule has 3 rings (SSSR count). The monoisotopic (exact) mass is 464 g/mol. The summed E-state index contributed by atoms with van der Waals surface area (Å²) in [6, 6.07) is 5.60. The predicted molar refractivity (Wildman–Crippen MR) is 103 cm³/mol. The highest BCUT2D eigenvalue weighted by atomic mass is 32.2. The van der Waals surface area contributed by atoms with Gasteiger partial charge in [0.1, 0.15) is 15.6 Å². The molecule has 0 bridgehead atoms. The average molecular weight is 464 g/mol. The molecule has 1 amide bonds. The summed E-state index contributed by atoms with van der Waals surface area (Å²) >= 11 is 4.22. The number of ether oxygens (including phenoxy) is 1. The molecule has 2 N–H and O–H groups in total. The summed E-state index contributed by atoms with van der Waals surface area (Å²) < 4.78 is 86.4. The lowest BCUT2D eigenvalue weighted by molar-refractivity contribution is 0.102. The van der Waals surface area contributed by atoms with Gasteiger partial charge in [0.15, 0.2) is 5.82 Å². The van der Waals surface area contributed by atoms with Crippen LogP contribution in [0.1, 0.15) is 28.8 Å². The van der Waals surface area contributed by atoms with Crippen LogP contribution in [0.5, 0.6) is 0 Å². The van der Waals surface area contributed by atoms with Crippen molar-refractivity contribution in [3.05, 3.63) is 59.2 Å². The Balaban J connectivity index is 1.87. The molecule has 0 saturated carbocycles. The maximum Gasteiger partial charge on any atom is 0.266 e. The van der Waals surface area contributed by atoms with Gasteiger partial charge >= 0.3 is 0 Å². The van der Waals surface area contributed by atoms with Crippen LogP contribution in [0.4, 0.5) is 23.2 Å². The van der Waals surface area contributed by atoms with E-state index in [0.29, 0.717) is 6.07 Å². The number of nitrogens with one attached hydrogen (secondary N) is 2. The van der Waals surface area contributed by atoms with E-state index in [4.69, 9.17) is 4.74 Å². The lowest BCUT2D eigenvalue weighted by Gasteiger charge is -2.22. The largest absolute Gasteiger partial charge is 0.378 e. The van der Waals surface area contributed by atoms with Crippen molar-refractivity contribution in [2.24, 2.45) is 0 Å². The number of sulfonamides is 1. The minimum absolute atomic E-state index is 0.0197. The van der Waals surface area contributed by atoms with E-state index < -0.39 is 54.9 Å². The van der Waals surface area contributed by atoms with E-state index in [0.717, 1.165) is 30.3 Å². The van der Waals surface area contributed by atoms with Crippen LogP contribution >= 0.6 is 12.6 Å². The lowest BCUT2D eigenvalue weighted by Crippen LogP contribution is -2.44. The molecular weight excluding hydrogens is 448 g/mol. The number of hydrogen-bond donors (Lipinski definition) is 3. The zero-order valence-corrected chi connectivity index (χ0v) is 16.9. The number of amides is 1. The van der Waals surface area contributed by atoms with Crippen molar-refractivity contribution in [1.82, 2.24) is 4.72 Å². The smallest absolute Gasteiger partial charge is 0.266 e. The fourth-order valence-corrected chi connectivity index (χ4v) is 4.74. The quantitative estimate of drug-likeness (QED) is 0.347. The van der Waals surface area contributed by atoms with Gasteiger partial charge in [0, 0.05) is 18.7 Å². The molecule has 6 nitrogen and oxygen atoms in total. The van der Waals surface area contributed by atoms with Crippen molar-refractivity contribution in [3.8, 4) is 0 Å². The Morgan fingerprint density at radius 2 is 1.93 bits per heavy atom. The first-order valence-electron chi connectivity index (χ1n) is 8.54. The van der Waals surface area contributed by atoms with E-state index >= 15 is 0 Å². The average Bonchev–Trinajstić information content (AvgIpc) is 3.08. The number of carbonyl (C=O) groups is 1. The van der Waals surface area contributed by atoms with Crippen LogP contribution in [0, 0.1) is 11.6 Å². The Morgan fingerprint density at radius 3 is 2.57 bits per heavy atom. The summed E-state index contributed by atoms with van der Waals surface area (Å²) in [6.07, 6.45) is -2.86. The summed E-state index contributed by atoms with van der Waals surface area (Å²) in [5, 5.41) is 2.15. The van der Waals surface area contributed by atoms with Gasteiger partial charge in [-0.2, -0.15) is 17.4 Å². The highest BCUT2D eigenvalue weighted by Crippen LogP contribution is 2.28. The number of carbonyl (C=O) groups excluding carboxylic acids is 1. The maximum atomic E-state index is 14.9. The standard InChI is InChI=1S/C18H16F4N2O4S2/c19-13-5-4-10(8-12(13)16(21)22)23-17(25)11-2-1-3-14(15(11)20)30(26,27)24-18(29)6-7-28-9-18/h1-5,8,16,24,29H,6-7,9H2,(H,23,25). The Hall–Kier alpha value is -2.15. The number of alkyl halides is 2. The van der Waals surface area contributed by atoms with Crippen LogP contribution in [0.25, 0.3) is 0 Å². The Bertz CT molecular complexity index is 1070. The SMILES string of the molecule is O=C(Nc1ccc(F)c(C(F)F)c1)c1cccc(S(=O)(=O)NC2(S)CCOC2)c1F. The van der Waals surface area contributed by atoms with Gasteiger partial charge in [-0.05, 0) is 30.3 Å². The van der Waals surface area contributed by atoms with E-state index in [-0.39, 0.29) is 25.3 Å². The van der Waals surface area contributed by atoms with Gasteiger partial charge in [0.05, 0.1) is 17.7 Å². The predicted octanol–water partition coefficient (Wildman–Crippen LogP) is 3.48. The third kappa shape index (κ3) is 4.77. The maximum absolute atomic E-state index is 14.9. The van der Waals surface area contributed by atoms with E-state index in [1.54, 1.807) is 0 Å². The lowest BCUT2D eigenvalue weighted by atomic mass is 10.1. The van der Waals surface area contributed by atoms with Gasteiger partial charge < -0.3 is 10.1 Å². The molecule has 0 aromatic heterocycles. The Morgan fingerprint density at radius 1 is 1.20 bits per heavy atom. The van der Waals surface area contributed by atoms with Crippen molar-refractivity contribution >= 4 is 34.2 Å². The van der Waals surface area contributed by atoms with Crippen molar-refractivity contribution in [2.45, 2.75) is 22.6 Å². The highest BCUT2D eigenvalue weighted by molar-refractivity contribution is 7.91. The molecule has 2 aromatic rings.